The number of carbonyl (C=O) groups excluding carboxylic acids is 1. The van der Waals surface area contributed by atoms with E-state index in [0.29, 0.717) is 24.5 Å². The lowest BCUT2D eigenvalue weighted by molar-refractivity contribution is 0.250. The van der Waals surface area contributed by atoms with Crippen LogP contribution in [0.15, 0.2) is 18.2 Å². The lowest BCUT2D eigenvalue weighted by atomic mass is 10.1. The zero-order valence-electron chi connectivity index (χ0n) is 11.5. The van der Waals surface area contributed by atoms with Crippen LogP contribution in [0.4, 0.5) is 10.5 Å². The van der Waals surface area contributed by atoms with Crippen LogP contribution < -0.4 is 20.7 Å². The van der Waals surface area contributed by atoms with Gasteiger partial charge in [-0.15, -0.1) is 0 Å². The van der Waals surface area contributed by atoms with Gasteiger partial charge in [0.1, 0.15) is 5.75 Å². The number of carbonyl (C=O) groups is 1. The summed E-state index contributed by atoms with van der Waals surface area (Å²) < 4.78 is 5.53. The van der Waals surface area contributed by atoms with Crippen LogP contribution in [0.2, 0.25) is 0 Å². The highest BCUT2D eigenvalue weighted by Crippen LogP contribution is 2.32. The average Bonchev–Trinajstić information content (AvgIpc) is 2.40. The number of rotatable bonds is 4. The molecule has 1 aromatic rings. The third-order valence-electron chi connectivity index (χ3n) is 2.64. The molecule has 0 fully saturated rings. The summed E-state index contributed by atoms with van der Waals surface area (Å²) in [6.45, 7) is 4.30. The third kappa shape index (κ3) is 3.15. The summed E-state index contributed by atoms with van der Waals surface area (Å²) in [6.07, 6.45) is 0.705. The van der Waals surface area contributed by atoms with E-state index in [0.717, 1.165) is 10.5 Å². The first-order valence-electron chi connectivity index (χ1n) is 6.17. The number of amides is 2. The van der Waals surface area contributed by atoms with Gasteiger partial charge in [-0.2, -0.15) is 0 Å². The third-order valence-corrected chi connectivity index (χ3v) is 2.64. The summed E-state index contributed by atoms with van der Waals surface area (Å²) in [4.78, 5) is 13.0. The standard InChI is InChI=1S/C13H20N4O2/c1-4-9-7-6-8-10(19-5-2)11(9)17(12(14)15)13(18)16-3/h6-8H,4-5H2,1-3H3,(H3,14,15)(H,16,18). The molecule has 104 valence electrons. The van der Waals surface area contributed by atoms with Crippen molar-refractivity contribution in [2.45, 2.75) is 20.3 Å². The Morgan fingerprint density at radius 2 is 2.16 bits per heavy atom. The van der Waals surface area contributed by atoms with Gasteiger partial charge in [-0.1, -0.05) is 19.1 Å². The van der Waals surface area contributed by atoms with Crippen LogP contribution in [0.3, 0.4) is 0 Å². The van der Waals surface area contributed by atoms with E-state index in [1.807, 2.05) is 26.0 Å². The molecule has 6 heteroatoms. The summed E-state index contributed by atoms with van der Waals surface area (Å²) in [5.41, 5.74) is 6.95. The van der Waals surface area contributed by atoms with Crippen molar-refractivity contribution in [1.29, 1.82) is 5.41 Å². The largest absolute Gasteiger partial charge is 0.492 e. The van der Waals surface area contributed by atoms with E-state index >= 15 is 0 Å². The zero-order valence-corrected chi connectivity index (χ0v) is 11.5. The Kier molecular flexibility index (Phi) is 5.17. The predicted molar refractivity (Wildman–Crippen MR) is 75.8 cm³/mol. The van der Waals surface area contributed by atoms with Crippen molar-refractivity contribution < 1.29 is 9.53 Å². The van der Waals surface area contributed by atoms with Gasteiger partial charge in [-0.3, -0.25) is 5.41 Å². The highest BCUT2D eigenvalue weighted by Gasteiger charge is 2.23. The molecule has 0 aromatic heterocycles. The maximum absolute atomic E-state index is 11.9. The summed E-state index contributed by atoms with van der Waals surface area (Å²) in [5, 5.41) is 10.1. The maximum atomic E-state index is 11.9. The molecule has 0 aliphatic heterocycles. The normalized spacial score (nSPS) is 9.84. The molecule has 0 atom stereocenters. The van der Waals surface area contributed by atoms with Crippen LogP contribution in [0, 0.1) is 5.41 Å². The van der Waals surface area contributed by atoms with Crippen LogP contribution >= 0.6 is 0 Å². The Hall–Kier alpha value is -2.24. The molecular formula is C13H20N4O2. The minimum Gasteiger partial charge on any atom is -0.492 e. The van der Waals surface area contributed by atoms with Gasteiger partial charge in [0.05, 0.1) is 12.3 Å². The fourth-order valence-corrected chi connectivity index (χ4v) is 1.82. The molecule has 0 aliphatic carbocycles. The quantitative estimate of drug-likeness (QED) is 0.571. The number of hydrogen-bond donors (Lipinski definition) is 3. The van der Waals surface area contributed by atoms with E-state index in [4.69, 9.17) is 15.9 Å². The Morgan fingerprint density at radius 3 is 2.63 bits per heavy atom. The van der Waals surface area contributed by atoms with Crippen molar-refractivity contribution in [1.82, 2.24) is 5.32 Å². The highest BCUT2D eigenvalue weighted by atomic mass is 16.5. The molecule has 0 heterocycles. The molecule has 0 bridgehead atoms. The van der Waals surface area contributed by atoms with Crippen molar-refractivity contribution in [3.05, 3.63) is 23.8 Å². The fraction of sp³-hybridized carbons (Fsp3) is 0.385. The average molecular weight is 264 g/mol. The van der Waals surface area contributed by atoms with Gasteiger partial charge in [0, 0.05) is 7.05 Å². The number of nitrogens with one attached hydrogen (secondary N) is 2. The van der Waals surface area contributed by atoms with E-state index in [1.165, 1.54) is 7.05 Å². The number of aryl methyl sites for hydroxylation is 1. The van der Waals surface area contributed by atoms with Crippen molar-refractivity contribution in [2.75, 3.05) is 18.6 Å². The number of nitrogens with zero attached hydrogens (tertiary/aromatic N) is 1. The molecule has 0 radical (unpaired) electrons. The molecule has 4 N–H and O–H groups in total. The van der Waals surface area contributed by atoms with Gasteiger partial charge < -0.3 is 15.8 Å². The minimum absolute atomic E-state index is 0.346. The summed E-state index contributed by atoms with van der Waals surface area (Å²) in [7, 11) is 1.49. The first kappa shape index (κ1) is 14.8. The van der Waals surface area contributed by atoms with Gasteiger partial charge in [-0.25, -0.2) is 9.69 Å². The van der Waals surface area contributed by atoms with Crippen LogP contribution in [-0.2, 0) is 6.42 Å². The van der Waals surface area contributed by atoms with Gasteiger partial charge in [-0.05, 0) is 25.0 Å². The number of nitrogens with two attached hydrogens (primary N) is 1. The molecule has 0 aliphatic rings. The number of anilines is 1. The smallest absolute Gasteiger partial charge is 0.328 e. The van der Waals surface area contributed by atoms with Gasteiger partial charge in [0.2, 0.25) is 5.96 Å². The second-order valence-corrected chi connectivity index (χ2v) is 3.83. The number of ether oxygens (including phenoxy) is 1. The van der Waals surface area contributed by atoms with E-state index in [-0.39, 0.29) is 5.96 Å². The lowest BCUT2D eigenvalue weighted by Gasteiger charge is -2.25. The second-order valence-electron chi connectivity index (χ2n) is 3.83. The van der Waals surface area contributed by atoms with E-state index < -0.39 is 6.03 Å². The van der Waals surface area contributed by atoms with Crippen LogP contribution in [0.1, 0.15) is 19.4 Å². The summed E-state index contributed by atoms with van der Waals surface area (Å²) in [6, 6.07) is 5.04. The monoisotopic (exact) mass is 264 g/mol. The topological polar surface area (TPSA) is 91.4 Å². The molecule has 1 rings (SSSR count). The van der Waals surface area contributed by atoms with Crippen LogP contribution in [-0.4, -0.2) is 25.6 Å². The molecule has 6 nitrogen and oxygen atoms in total. The number of hydrogen-bond acceptors (Lipinski definition) is 3. The first-order chi connectivity index (χ1) is 9.06. The van der Waals surface area contributed by atoms with Crippen molar-refractivity contribution in [3.63, 3.8) is 0 Å². The van der Waals surface area contributed by atoms with Crippen molar-refractivity contribution in [2.24, 2.45) is 5.73 Å². The van der Waals surface area contributed by atoms with E-state index in [1.54, 1.807) is 6.07 Å². The van der Waals surface area contributed by atoms with Crippen LogP contribution in [0.5, 0.6) is 5.75 Å². The van der Waals surface area contributed by atoms with Crippen molar-refractivity contribution >= 4 is 17.7 Å². The second kappa shape index (κ2) is 6.63. The summed E-state index contributed by atoms with van der Waals surface area (Å²) >= 11 is 0. The van der Waals surface area contributed by atoms with E-state index in [9.17, 15) is 4.79 Å². The Balaban J connectivity index is 3.41. The van der Waals surface area contributed by atoms with Crippen LogP contribution in [0.25, 0.3) is 0 Å². The first-order valence-corrected chi connectivity index (χ1v) is 6.17. The van der Waals surface area contributed by atoms with Gasteiger partial charge in [0.15, 0.2) is 0 Å². The SMILES string of the molecule is CCOc1cccc(CC)c1N(C(=N)N)C(=O)NC. The van der Waals surface area contributed by atoms with Crippen molar-refractivity contribution in [3.8, 4) is 5.75 Å². The number of urea groups is 1. The molecule has 0 saturated heterocycles. The molecule has 2 amide bonds. The summed E-state index contributed by atoms with van der Waals surface area (Å²) in [5.74, 6) is 0.196. The zero-order chi connectivity index (χ0) is 14.4. The molecule has 0 unspecified atom stereocenters. The van der Waals surface area contributed by atoms with E-state index in [2.05, 4.69) is 5.32 Å². The highest BCUT2D eigenvalue weighted by molar-refractivity contribution is 6.15. The Labute approximate surface area is 113 Å². The molecule has 19 heavy (non-hydrogen) atoms. The Morgan fingerprint density at radius 1 is 1.47 bits per heavy atom. The minimum atomic E-state index is -0.464. The molecular weight excluding hydrogens is 244 g/mol. The number of benzene rings is 1. The number of guanidine groups is 1. The lowest BCUT2D eigenvalue weighted by Crippen LogP contribution is -2.46. The molecule has 0 saturated carbocycles. The van der Waals surface area contributed by atoms with Gasteiger partial charge in [0.25, 0.3) is 0 Å². The number of para-hydroxylation sites is 1. The fourth-order valence-electron chi connectivity index (χ4n) is 1.82. The van der Waals surface area contributed by atoms with Gasteiger partial charge >= 0.3 is 6.03 Å². The maximum Gasteiger partial charge on any atom is 0.328 e. The molecule has 0 spiro atoms. The Bertz CT molecular complexity index is 474. The predicted octanol–water partition coefficient (Wildman–Crippen LogP) is 1.69. The molecule has 1 aromatic carbocycles.